The molecule has 0 saturated carbocycles. The minimum atomic E-state index is -3.76. The number of primary sulfonamides is 1. The Labute approximate surface area is 109 Å². The molecular weight excluding hydrogens is 250 g/mol. The van der Waals surface area contributed by atoms with Crippen molar-refractivity contribution in [1.29, 1.82) is 0 Å². The van der Waals surface area contributed by atoms with Crippen molar-refractivity contribution in [1.82, 2.24) is 0 Å². The molecule has 0 aromatic heterocycles. The number of rotatable bonds is 3. The molecule has 0 aliphatic carbocycles. The monoisotopic (exact) mass is 271 g/mol. The molecule has 4 N–H and O–H groups in total. The largest absolute Gasteiger partial charge is 0.399 e. The van der Waals surface area contributed by atoms with Gasteiger partial charge in [0, 0.05) is 17.8 Å². The van der Waals surface area contributed by atoms with Crippen LogP contribution in [0.25, 0.3) is 0 Å². The molecule has 5 nitrogen and oxygen atoms in total. The number of benzene rings is 1. The fourth-order valence-corrected chi connectivity index (χ4v) is 2.71. The van der Waals surface area contributed by atoms with Gasteiger partial charge in [-0.05, 0) is 45.9 Å². The zero-order valence-electron chi connectivity index (χ0n) is 11.3. The van der Waals surface area contributed by atoms with E-state index >= 15 is 0 Å². The first kappa shape index (κ1) is 14.8. The predicted molar refractivity (Wildman–Crippen MR) is 75.0 cm³/mol. The van der Waals surface area contributed by atoms with E-state index in [1.165, 1.54) is 6.07 Å². The highest BCUT2D eigenvalue weighted by Crippen LogP contribution is 2.31. The van der Waals surface area contributed by atoms with Gasteiger partial charge in [0.1, 0.15) is 4.90 Å². The number of sulfonamides is 1. The molecule has 0 bridgehead atoms. The molecule has 0 aliphatic heterocycles. The highest BCUT2D eigenvalue weighted by Gasteiger charge is 2.25. The van der Waals surface area contributed by atoms with Gasteiger partial charge in [0.05, 0.1) is 5.69 Å². The fraction of sp³-hybridized carbons (Fsp3) is 0.500. The van der Waals surface area contributed by atoms with Gasteiger partial charge in [0.15, 0.2) is 0 Å². The summed E-state index contributed by atoms with van der Waals surface area (Å²) in [6, 6.07) is 4.64. The predicted octanol–water partition coefficient (Wildman–Crippen LogP) is 1.54. The smallest absolute Gasteiger partial charge is 0.240 e. The minimum Gasteiger partial charge on any atom is -0.399 e. The maximum absolute atomic E-state index is 11.6. The second-order valence-corrected chi connectivity index (χ2v) is 6.72. The molecule has 0 heterocycles. The SMILES string of the molecule is CCN(c1cc(N)ccc1S(N)(=O)=O)C(C)(C)C. The van der Waals surface area contributed by atoms with Crippen LogP contribution in [0.5, 0.6) is 0 Å². The normalized spacial score (nSPS) is 12.5. The second-order valence-electron chi connectivity index (χ2n) is 5.19. The average molecular weight is 271 g/mol. The van der Waals surface area contributed by atoms with E-state index in [4.69, 9.17) is 10.9 Å². The van der Waals surface area contributed by atoms with Crippen molar-refractivity contribution in [2.24, 2.45) is 5.14 Å². The van der Waals surface area contributed by atoms with Gasteiger partial charge < -0.3 is 10.6 Å². The van der Waals surface area contributed by atoms with Gasteiger partial charge in [0.2, 0.25) is 10.0 Å². The van der Waals surface area contributed by atoms with Crippen LogP contribution in [0.2, 0.25) is 0 Å². The van der Waals surface area contributed by atoms with Gasteiger partial charge >= 0.3 is 0 Å². The first-order chi connectivity index (χ1) is 8.07. The summed E-state index contributed by atoms with van der Waals surface area (Å²) < 4.78 is 23.2. The van der Waals surface area contributed by atoms with Crippen LogP contribution in [0.4, 0.5) is 11.4 Å². The lowest BCUT2D eigenvalue weighted by Crippen LogP contribution is -2.42. The minimum absolute atomic E-state index is 0.105. The number of hydrogen-bond acceptors (Lipinski definition) is 4. The van der Waals surface area contributed by atoms with E-state index < -0.39 is 10.0 Å². The third-order valence-electron chi connectivity index (χ3n) is 2.71. The Morgan fingerprint density at radius 1 is 1.28 bits per heavy atom. The molecule has 0 fully saturated rings. The molecule has 0 atom stereocenters. The van der Waals surface area contributed by atoms with Crippen molar-refractivity contribution in [3.8, 4) is 0 Å². The maximum Gasteiger partial charge on any atom is 0.240 e. The molecule has 6 heteroatoms. The van der Waals surface area contributed by atoms with Crippen LogP contribution in [0, 0.1) is 0 Å². The van der Waals surface area contributed by atoms with E-state index in [2.05, 4.69) is 0 Å². The van der Waals surface area contributed by atoms with Crippen molar-refractivity contribution in [2.75, 3.05) is 17.2 Å². The maximum atomic E-state index is 11.6. The first-order valence-electron chi connectivity index (χ1n) is 5.77. The van der Waals surface area contributed by atoms with Crippen molar-refractivity contribution in [3.05, 3.63) is 18.2 Å². The first-order valence-corrected chi connectivity index (χ1v) is 7.32. The summed E-state index contributed by atoms with van der Waals surface area (Å²) in [6.45, 7) is 8.64. The van der Waals surface area contributed by atoms with Crippen molar-refractivity contribution in [3.63, 3.8) is 0 Å². The second kappa shape index (κ2) is 4.78. The fourth-order valence-electron chi connectivity index (χ4n) is 1.99. The third-order valence-corrected chi connectivity index (χ3v) is 3.66. The van der Waals surface area contributed by atoms with Crippen LogP contribution in [-0.2, 0) is 10.0 Å². The summed E-state index contributed by atoms with van der Waals surface area (Å²) in [4.78, 5) is 2.07. The Morgan fingerprint density at radius 3 is 2.22 bits per heavy atom. The van der Waals surface area contributed by atoms with E-state index in [1.54, 1.807) is 12.1 Å². The van der Waals surface area contributed by atoms with Gasteiger partial charge in [0.25, 0.3) is 0 Å². The molecule has 0 radical (unpaired) electrons. The Kier molecular flexibility index (Phi) is 3.92. The number of anilines is 2. The highest BCUT2D eigenvalue weighted by molar-refractivity contribution is 7.89. The summed E-state index contributed by atoms with van der Waals surface area (Å²) in [5.41, 5.74) is 6.59. The van der Waals surface area contributed by atoms with E-state index in [9.17, 15) is 8.42 Å². The highest BCUT2D eigenvalue weighted by atomic mass is 32.2. The standard InChI is InChI=1S/C12H21N3O2S/c1-5-15(12(2,3)4)10-8-9(13)6-7-11(10)18(14,16)17/h6-8H,5,13H2,1-4H3,(H2,14,16,17). The molecule has 0 saturated heterocycles. The van der Waals surface area contributed by atoms with E-state index in [0.717, 1.165) is 0 Å². The molecule has 1 aromatic rings. The average Bonchev–Trinajstić information content (AvgIpc) is 2.14. The summed E-state index contributed by atoms with van der Waals surface area (Å²) in [5, 5.41) is 5.25. The van der Waals surface area contributed by atoms with Crippen molar-refractivity contribution < 1.29 is 8.42 Å². The molecule has 18 heavy (non-hydrogen) atoms. The van der Waals surface area contributed by atoms with E-state index in [-0.39, 0.29) is 10.4 Å². The quantitative estimate of drug-likeness (QED) is 0.816. The van der Waals surface area contributed by atoms with Crippen LogP contribution in [0.3, 0.4) is 0 Å². The van der Waals surface area contributed by atoms with Crippen LogP contribution < -0.4 is 15.8 Å². The van der Waals surface area contributed by atoms with E-state index in [0.29, 0.717) is 17.9 Å². The Morgan fingerprint density at radius 2 is 1.83 bits per heavy atom. The molecule has 0 amide bonds. The molecular formula is C12H21N3O2S. The van der Waals surface area contributed by atoms with Gasteiger partial charge in [-0.1, -0.05) is 0 Å². The van der Waals surface area contributed by atoms with Crippen LogP contribution in [-0.4, -0.2) is 20.5 Å². The number of nitrogen functional groups attached to an aromatic ring is 1. The zero-order chi connectivity index (χ0) is 14.1. The Bertz CT molecular complexity index is 533. The van der Waals surface area contributed by atoms with Crippen LogP contribution >= 0.6 is 0 Å². The lowest BCUT2D eigenvalue weighted by molar-refractivity contribution is 0.509. The Hall–Kier alpha value is -1.27. The topological polar surface area (TPSA) is 89.4 Å². The van der Waals surface area contributed by atoms with Gasteiger partial charge in [-0.3, -0.25) is 0 Å². The van der Waals surface area contributed by atoms with Gasteiger partial charge in [-0.25, -0.2) is 13.6 Å². The molecule has 1 rings (SSSR count). The summed E-state index contributed by atoms with van der Waals surface area (Å²) in [6.07, 6.45) is 0. The van der Waals surface area contributed by atoms with E-state index in [1.807, 2.05) is 32.6 Å². The third kappa shape index (κ3) is 3.14. The summed E-state index contributed by atoms with van der Waals surface area (Å²) in [7, 11) is -3.76. The number of hydrogen-bond donors (Lipinski definition) is 2. The molecule has 0 spiro atoms. The van der Waals surface area contributed by atoms with Crippen LogP contribution in [0.15, 0.2) is 23.1 Å². The molecule has 1 aromatic carbocycles. The lowest BCUT2D eigenvalue weighted by Gasteiger charge is -2.37. The number of nitrogens with zero attached hydrogens (tertiary/aromatic N) is 1. The molecule has 0 aliphatic rings. The van der Waals surface area contributed by atoms with Gasteiger partial charge in [-0.15, -0.1) is 0 Å². The zero-order valence-corrected chi connectivity index (χ0v) is 12.1. The molecule has 102 valence electrons. The van der Waals surface area contributed by atoms with Crippen molar-refractivity contribution >= 4 is 21.4 Å². The summed E-state index contributed by atoms with van der Waals surface area (Å²) >= 11 is 0. The Balaban J connectivity index is 3.51. The van der Waals surface area contributed by atoms with Crippen LogP contribution in [0.1, 0.15) is 27.7 Å². The van der Waals surface area contributed by atoms with Gasteiger partial charge in [-0.2, -0.15) is 0 Å². The number of nitrogens with two attached hydrogens (primary N) is 2. The summed E-state index contributed by atoms with van der Waals surface area (Å²) in [5.74, 6) is 0. The molecule has 0 unspecified atom stereocenters. The van der Waals surface area contributed by atoms with Crippen molar-refractivity contribution in [2.45, 2.75) is 38.1 Å². The lowest BCUT2D eigenvalue weighted by atomic mass is 10.0.